The molecule has 2 rings (SSSR count). The van der Waals surface area contributed by atoms with Crippen molar-refractivity contribution in [2.24, 2.45) is 5.92 Å². The number of allylic oxidation sites excluding steroid dienone is 1. The van der Waals surface area contributed by atoms with E-state index in [1.54, 1.807) is 11.0 Å². The van der Waals surface area contributed by atoms with E-state index in [-0.39, 0.29) is 6.04 Å². The van der Waals surface area contributed by atoms with Crippen molar-refractivity contribution in [1.29, 1.82) is 0 Å². The molecule has 1 aromatic heterocycles. The number of nitrogens with zero attached hydrogens (tertiary/aromatic N) is 3. The van der Waals surface area contributed by atoms with Crippen molar-refractivity contribution in [2.75, 3.05) is 0 Å². The number of hydrogen-bond donors (Lipinski definition) is 1. The number of rotatable bonds is 6. The number of aliphatic hydroxyl groups excluding tert-OH is 1. The van der Waals surface area contributed by atoms with Gasteiger partial charge in [-0.1, -0.05) is 50.3 Å². The van der Waals surface area contributed by atoms with Crippen LogP contribution < -0.4 is 0 Å². The molecular weight excluding hydrogens is 262 g/mol. The normalized spacial score (nSPS) is 15.2. The minimum absolute atomic E-state index is 0.199. The number of benzene rings is 1. The third-order valence-corrected chi connectivity index (χ3v) is 3.50. The second kappa shape index (κ2) is 7.18. The Kier molecular flexibility index (Phi) is 5.28. The monoisotopic (exact) mass is 285 g/mol. The van der Waals surface area contributed by atoms with Crippen LogP contribution in [0.5, 0.6) is 0 Å². The molecule has 0 saturated carbocycles. The molecular formula is C17H23N3O. The highest BCUT2D eigenvalue weighted by molar-refractivity contribution is 5.63. The van der Waals surface area contributed by atoms with Crippen molar-refractivity contribution in [3.05, 3.63) is 54.6 Å². The standard InChI is InChI=1S/C17H23N3O/c1-13(2)9-17(21)16(20-12-18-11-19-20)10-14(3)15-7-5-4-6-8-15/h4-8,10-13,16-17,21H,9H2,1-3H3. The lowest BCUT2D eigenvalue weighted by Crippen LogP contribution is -2.25. The SMILES string of the molecule is CC(=CC(C(O)CC(C)C)n1cncn1)c1ccccc1. The molecule has 2 atom stereocenters. The zero-order valence-electron chi connectivity index (χ0n) is 12.8. The van der Waals surface area contributed by atoms with E-state index in [1.807, 2.05) is 18.2 Å². The van der Waals surface area contributed by atoms with Crippen LogP contribution in [0.15, 0.2) is 49.1 Å². The van der Waals surface area contributed by atoms with Gasteiger partial charge in [0.15, 0.2) is 0 Å². The molecule has 0 fully saturated rings. The Balaban J connectivity index is 2.28. The maximum atomic E-state index is 10.5. The van der Waals surface area contributed by atoms with Crippen LogP contribution in [-0.2, 0) is 0 Å². The Hall–Kier alpha value is -1.94. The first-order valence-electron chi connectivity index (χ1n) is 7.34. The van der Waals surface area contributed by atoms with Gasteiger partial charge in [-0.15, -0.1) is 0 Å². The molecule has 0 amide bonds. The molecule has 1 aromatic carbocycles. The van der Waals surface area contributed by atoms with Crippen molar-refractivity contribution in [3.8, 4) is 0 Å². The van der Waals surface area contributed by atoms with Gasteiger partial charge in [0.2, 0.25) is 0 Å². The van der Waals surface area contributed by atoms with Gasteiger partial charge in [0.25, 0.3) is 0 Å². The predicted molar refractivity (Wildman–Crippen MR) is 84.6 cm³/mol. The van der Waals surface area contributed by atoms with Crippen molar-refractivity contribution < 1.29 is 5.11 Å². The molecule has 21 heavy (non-hydrogen) atoms. The van der Waals surface area contributed by atoms with Gasteiger partial charge in [-0.3, -0.25) is 0 Å². The third kappa shape index (κ3) is 4.26. The molecule has 2 unspecified atom stereocenters. The summed E-state index contributed by atoms with van der Waals surface area (Å²) in [6, 6.07) is 9.97. The fourth-order valence-corrected chi connectivity index (χ4v) is 2.41. The summed E-state index contributed by atoms with van der Waals surface area (Å²) in [5.74, 6) is 0.427. The summed E-state index contributed by atoms with van der Waals surface area (Å²) >= 11 is 0. The molecule has 0 saturated heterocycles. The Morgan fingerprint density at radius 3 is 2.57 bits per heavy atom. The largest absolute Gasteiger partial charge is 0.391 e. The second-order valence-electron chi connectivity index (χ2n) is 5.78. The summed E-state index contributed by atoms with van der Waals surface area (Å²) < 4.78 is 1.72. The van der Waals surface area contributed by atoms with Gasteiger partial charge < -0.3 is 5.11 Å². The van der Waals surface area contributed by atoms with E-state index in [0.29, 0.717) is 5.92 Å². The van der Waals surface area contributed by atoms with Gasteiger partial charge in [-0.2, -0.15) is 5.10 Å². The molecule has 0 radical (unpaired) electrons. The molecule has 0 spiro atoms. The van der Waals surface area contributed by atoms with Gasteiger partial charge in [-0.05, 0) is 30.4 Å². The van der Waals surface area contributed by atoms with Crippen molar-refractivity contribution in [2.45, 2.75) is 39.3 Å². The average molecular weight is 285 g/mol. The van der Waals surface area contributed by atoms with Crippen LogP contribution in [0.25, 0.3) is 5.57 Å². The predicted octanol–water partition coefficient (Wildman–Crippen LogP) is 3.33. The van der Waals surface area contributed by atoms with Crippen LogP contribution in [0, 0.1) is 5.92 Å². The van der Waals surface area contributed by atoms with Gasteiger partial charge in [-0.25, -0.2) is 9.67 Å². The van der Waals surface area contributed by atoms with E-state index in [2.05, 4.69) is 49.1 Å². The van der Waals surface area contributed by atoms with E-state index in [4.69, 9.17) is 0 Å². The smallest absolute Gasteiger partial charge is 0.137 e. The molecule has 0 aliphatic heterocycles. The molecule has 4 nitrogen and oxygen atoms in total. The zero-order chi connectivity index (χ0) is 15.2. The maximum absolute atomic E-state index is 10.5. The molecule has 4 heteroatoms. The average Bonchev–Trinajstić information content (AvgIpc) is 2.98. The zero-order valence-corrected chi connectivity index (χ0v) is 12.8. The lowest BCUT2D eigenvalue weighted by atomic mass is 9.97. The van der Waals surface area contributed by atoms with Crippen molar-refractivity contribution >= 4 is 5.57 Å². The number of aliphatic hydroxyl groups is 1. The highest BCUT2D eigenvalue weighted by Gasteiger charge is 2.21. The van der Waals surface area contributed by atoms with E-state index in [9.17, 15) is 5.11 Å². The Bertz CT molecular complexity index is 561. The van der Waals surface area contributed by atoms with Crippen molar-refractivity contribution in [1.82, 2.24) is 14.8 Å². The minimum atomic E-state index is -0.481. The van der Waals surface area contributed by atoms with Gasteiger partial charge >= 0.3 is 0 Å². The maximum Gasteiger partial charge on any atom is 0.137 e. The first-order chi connectivity index (χ1) is 10.1. The Morgan fingerprint density at radius 1 is 1.29 bits per heavy atom. The highest BCUT2D eigenvalue weighted by Crippen LogP contribution is 2.23. The van der Waals surface area contributed by atoms with Crippen LogP contribution in [-0.4, -0.2) is 26.0 Å². The third-order valence-electron chi connectivity index (χ3n) is 3.50. The van der Waals surface area contributed by atoms with Crippen LogP contribution in [0.4, 0.5) is 0 Å². The van der Waals surface area contributed by atoms with Gasteiger partial charge in [0.05, 0.1) is 12.1 Å². The summed E-state index contributed by atoms with van der Waals surface area (Å²) in [7, 11) is 0. The van der Waals surface area contributed by atoms with Gasteiger partial charge in [0.1, 0.15) is 12.7 Å². The quantitative estimate of drug-likeness (QED) is 0.885. The fourth-order valence-electron chi connectivity index (χ4n) is 2.41. The topological polar surface area (TPSA) is 50.9 Å². The lowest BCUT2D eigenvalue weighted by molar-refractivity contribution is 0.105. The molecule has 1 N–H and O–H groups in total. The Labute approximate surface area is 126 Å². The van der Waals surface area contributed by atoms with E-state index in [0.717, 1.165) is 17.6 Å². The molecule has 0 aliphatic carbocycles. The van der Waals surface area contributed by atoms with Gasteiger partial charge in [0, 0.05) is 0 Å². The van der Waals surface area contributed by atoms with Crippen molar-refractivity contribution in [3.63, 3.8) is 0 Å². The molecule has 1 heterocycles. The summed E-state index contributed by atoms with van der Waals surface area (Å²) in [5.41, 5.74) is 2.28. The van der Waals surface area contributed by atoms with E-state index in [1.165, 1.54) is 6.33 Å². The first kappa shape index (κ1) is 15.4. The summed E-state index contributed by atoms with van der Waals surface area (Å²) in [6.07, 6.45) is 5.47. The molecule has 0 bridgehead atoms. The van der Waals surface area contributed by atoms with Crippen LogP contribution in [0.2, 0.25) is 0 Å². The van der Waals surface area contributed by atoms with Crippen LogP contribution in [0.3, 0.4) is 0 Å². The molecule has 2 aromatic rings. The fraction of sp³-hybridized carbons (Fsp3) is 0.412. The van der Waals surface area contributed by atoms with E-state index >= 15 is 0 Å². The van der Waals surface area contributed by atoms with Crippen LogP contribution in [0.1, 0.15) is 38.8 Å². The number of hydrogen-bond acceptors (Lipinski definition) is 3. The summed E-state index contributed by atoms with van der Waals surface area (Å²) in [6.45, 7) is 6.27. The first-order valence-corrected chi connectivity index (χ1v) is 7.34. The minimum Gasteiger partial charge on any atom is -0.391 e. The summed E-state index contributed by atoms with van der Waals surface area (Å²) in [5, 5.41) is 14.7. The lowest BCUT2D eigenvalue weighted by Gasteiger charge is -2.22. The van der Waals surface area contributed by atoms with Crippen LogP contribution >= 0.6 is 0 Å². The highest BCUT2D eigenvalue weighted by atomic mass is 16.3. The van der Waals surface area contributed by atoms with E-state index < -0.39 is 6.10 Å². The molecule has 112 valence electrons. The number of aromatic nitrogens is 3. The Morgan fingerprint density at radius 2 is 2.00 bits per heavy atom. The summed E-state index contributed by atoms with van der Waals surface area (Å²) in [4.78, 5) is 4.00. The second-order valence-corrected chi connectivity index (χ2v) is 5.78. The molecule has 0 aliphatic rings.